The number of ether oxygens (including phenoxy) is 1. The standard InChI is InChI=1S/C13H16N6O3S2.ClH/c1-2-22-9(20)6-23-13-19-18-12(24-13)15-11(21)10-7-5-14-4-3-8(7)16-17-10;/h14H,2-6H2,1H3,(H,16,17)(H,15,18,21);1H. The van der Waals surface area contributed by atoms with E-state index in [0.29, 0.717) is 28.3 Å². The fourth-order valence-electron chi connectivity index (χ4n) is 2.21. The molecule has 2 aromatic heterocycles. The van der Waals surface area contributed by atoms with Crippen molar-refractivity contribution in [2.45, 2.75) is 24.2 Å². The minimum atomic E-state index is -0.325. The highest BCUT2D eigenvalue weighted by Crippen LogP contribution is 2.26. The molecule has 1 amide bonds. The minimum Gasteiger partial charge on any atom is -0.465 e. The van der Waals surface area contributed by atoms with E-state index in [0.717, 1.165) is 24.2 Å². The largest absolute Gasteiger partial charge is 0.465 e. The highest BCUT2D eigenvalue weighted by molar-refractivity contribution is 8.01. The first kappa shape index (κ1) is 19.6. The van der Waals surface area contributed by atoms with Gasteiger partial charge in [-0.3, -0.25) is 20.0 Å². The molecule has 0 radical (unpaired) electrons. The molecule has 1 aliphatic heterocycles. The van der Waals surface area contributed by atoms with Gasteiger partial charge in [-0.2, -0.15) is 5.10 Å². The zero-order valence-electron chi connectivity index (χ0n) is 13.3. The summed E-state index contributed by atoms with van der Waals surface area (Å²) in [4.78, 5) is 23.7. The number of amides is 1. The zero-order chi connectivity index (χ0) is 16.9. The number of hydrogen-bond donors (Lipinski definition) is 3. The quantitative estimate of drug-likeness (QED) is 0.373. The summed E-state index contributed by atoms with van der Waals surface area (Å²) in [7, 11) is 0. The predicted octanol–water partition coefficient (Wildman–Crippen LogP) is 1.24. The Morgan fingerprint density at radius 3 is 3.04 bits per heavy atom. The summed E-state index contributed by atoms with van der Waals surface area (Å²) in [5.74, 6) is -0.470. The molecular formula is C13H17ClN6O3S2. The SMILES string of the molecule is CCOC(=O)CSc1nnc(NC(=O)c2n[nH]c3c2CNCC3)s1.Cl. The van der Waals surface area contributed by atoms with Gasteiger partial charge in [-0.05, 0) is 6.92 Å². The number of nitrogens with one attached hydrogen (secondary N) is 3. The van der Waals surface area contributed by atoms with Gasteiger partial charge in [0.25, 0.3) is 5.91 Å². The monoisotopic (exact) mass is 404 g/mol. The number of carbonyl (C=O) groups is 2. The van der Waals surface area contributed by atoms with E-state index in [-0.39, 0.29) is 30.0 Å². The maximum atomic E-state index is 12.3. The van der Waals surface area contributed by atoms with Crippen LogP contribution in [-0.4, -0.2) is 51.2 Å². The van der Waals surface area contributed by atoms with E-state index in [4.69, 9.17) is 4.74 Å². The van der Waals surface area contributed by atoms with E-state index >= 15 is 0 Å². The first-order valence-corrected chi connectivity index (χ1v) is 9.17. The van der Waals surface area contributed by atoms with Crippen LogP contribution >= 0.6 is 35.5 Å². The molecule has 12 heteroatoms. The first-order valence-electron chi connectivity index (χ1n) is 7.37. The number of nitrogens with zero attached hydrogens (tertiary/aromatic N) is 3. The average Bonchev–Trinajstić information content (AvgIpc) is 3.19. The Balaban J connectivity index is 0.00000225. The number of anilines is 1. The Morgan fingerprint density at radius 2 is 2.24 bits per heavy atom. The number of H-pyrrole nitrogens is 1. The lowest BCUT2D eigenvalue weighted by Crippen LogP contribution is -2.25. The number of aromatic nitrogens is 4. The molecule has 25 heavy (non-hydrogen) atoms. The lowest BCUT2D eigenvalue weighted by molar-refractivity contribution is -0.139. The second-order valence-electron chi connectivity index (χ2n) is 4.88. The molecule has 9 nitrogen and oxygen atoms in total. The van der Waals surface area contributed by atoms with Crippen molar-refractivity contribution in [2.24, 2.45) is 0 Å². The Kier molecular flexibility index (Phi) is 7.17. The summed E-state index contributed by atoms with van der Waals surface area (Å²) < 4.78 is 5.43. The second-order valence-corrected chi connectivity index (χ2v) is 7.08. The van der Waals surface area contributed by atoms with Gasteiger partial charge in [0.05, 0.1) is 12.4 Å². The number of aromatic amines is 1. The number of hydrogen-bond acceptors (Lipinski definition) is 9. The maximum Gasteiger partial charge on any atom is 0.316 e. The number of esters is 1. The molecule has 136 valence electrons. The highest BCUT2D eigenvalue weighted by atomic mass is 35.5. The zero-order valence-corrected chi connectivity index (χ0v) is 15.8. The first-order chi connectivity index (χ1) is 11.7. The van der Waals surface area contributed by atoms with Crippen LogP contribution in [0.3, 0.4) is 0 Å². The van der Waals surface area contributed by atoms with Gasteiger partial charge >= 0.3 is 5.97 Å². The van der Waals surface area contributed by atoms with E-state index in [1.165, 1.54) is 23.1 Å². The summed E-state index contributed by atoms with van der Waals surface area (Å²) >= 11 is 2.43. The molecular weight excluding hydrogens is 388 g/mol. The van der Waals surface area contributed by atoms with Crippen LogP contribution in [0, 0.1) is 0 Å². The second kappa shape index (κ2) is 9.13. The van der Waals surface area contributed by atoms with Gasteiger partial charge in [-0.15, -0.1) is 22.6 Å². The summed E-state index contributed by atoms with van der Waals surface area (Å²) in [6, 6.07) is 0. The predicted molar refractivity (Wildman–Crippen MR) is 96.5 cm³/mol. The molecule has 0 fully saturated rings. The molecule has 3 N–H and O–H groups in total. The average molecular weight is 405 g/mol. The fraction of sp³-hybridized carbons (Fsp3) is 0.462. The van der Waals surface area contributed by atoms with E-state index in [2.05, 4.69) is 31.0 Å². The van der Waals surface area contributed by atoms with E-state index in [1.807, 2.05) is 0 Å². The lowest BCUT2D eigenvalue weighted by Gasteiger charge is -2.12. The topological polar surface area (TPSA) is 122 Å². The van der Waals surface area contributed by atoms with Crippen LogP contribution in [0.4, 0.5) is 5.13 Å². The van der Waals surface area contributed by atoms with Crippen molar-refractivity contribution in [3.8, 4) is 0 Å². The van der Waals surface area contributed by atoms with Gasteiger partial charge in [0.2, 0.25) is 5.13 Å². The van der Waals surface area contributed by atoms with Crippen LogP contribution in [0.2, 0.25) is 0 Å². The molecule has 3 heterocycles. The Hall–Kier alpha value is -1.69. The van der Waals surface area contributed by atoms with Gasteiger partial charge in [0.1, 0.15) is 0 Å². The summed E-state index contributed by atoms with van der Waals surface area (Å²) in [5.41, 5.74) is 2.25. The molecule has 0 atom stereocenters. The van der Waals surface area contributed by atoms with Crippen molar-refractivity contribution in [1.29, 1.82) is 0 Å². The van der Waals surface area contributed by atoms with Crippen LogP contribution in [0.5, 0.6) is 0 Å². The van der Waals surface area contributed by atoms with Crippen molar-refractivity contribution in [3.63, 3.8) is 0 Å². The molecule has 0 spiro atoms. The van der Waals surface area contributed by atoms with Crippen molar-refractivity contribution < 1.29 is 14.3 Å². The third-order valence-corrected chi connectivity index (χ3v) is 5.21. The highest BCUT2D eigenvalue weighted by Gasteiger charge is 2.22. The molecule has 2 aromatic rings. The van der Waals surface area contributed by atoms with Crippen LogP contribution in [-0.2, 0) is 22.5 Å². The van der Waals surface area contributed by atoms with E-state index < -0.39 is 0 Å². The number of fused-ring (bicyclic) bond motifs is 1. The smallest absolute Gasteiger partial charge is 0.316 e. The van der Waals surface area contributed by atoms with Crippen LogP contribution in [0.15, 0.2) is 4.34 Å². The van der Waals surface area contributed by atoms with E-state index in [1.54, 1.807) is 6.92 Å². The number of thioether (sulfide) groups is 1. The molecule has 1 aliphatic rings. The van der Waals surface area contributed by atoms with Gasteiger partial charge in [-0.25, -0.2) is 0 Å². The number of rotatable bonds is 6. The number of carbonyl (C=O) groups excluding carboxylic acids is 2. The third kappa shape index (κ3) is 4.91. The molecule has 0 bridgehead atoms. The molecule has 0 saturated carbocycles. The molecule has 0 aliphatic carbocycles. The minimum absolute atomic E-state index is 0. The van der Waals surface area contributed by atoms with Crippen molar-refractivity contribution >= 4 is 52.5 Å². The maximum absolute atomic E-state index is 12.3. The normalized spacial score (nSPS) is 12.8. The van der Waals surface area contributed by atoms with E-state index in [9.17, 15) is 9.59 Å². The van der Waals surface area contributed by atoms with Gasteiger partial charge in [0, 0.05) is 30.8 Å². The summed E-state index contributed by atoms with van der Waals surface area (Å²) in [6.07, 6.45) is 0.822. The van der Waals surface area contributed by atoms with Gasteiger partial charge in [0.15, 0.2) is 10.0 Å². The molecule has 0 aromatic carbocycles. The van der Waals surface area contributed by atoms with Crippen molar-refractivity contribution in [1.82, 2.24) is 25.7 Å². The Labute approximate surface area is 158 Å². The summed E-state index contributed by atoms with van der Waals surface area (Å²) in [5, 5.41) is 21.1. The third-order valence-electron chi connectivity index (χ3n) is 3.27. The molecule has 3 rings (SSSR count). The Morgan fingerprint density at radius 1 is 1.40 bits per heavy atom. The lowest BCUT2D eigenvalue weighted by atomic mass is 10.1. The Bertz CT molecular complexity index is 750. The van der Waals surface area contributed by atoms with Crippen molar-refractivity contribution in [3.05, 3.63) is 17.0 Å². The van der Waals surface area contributed by atoms with Crippen LogP contribution in [0.25, 0.3) is 0 Å². The summed E-state index contributed by atoms with van der Waals surface area (Å²) in [6.45, 7) is 3.59. The fourth-order valence-corrected chi connectivity index (χ4v) is 3.76. The van der Waals surface area contributed by atoms with Gasteiger partial charge < -0.3 is 10.1 Å². The van der Waals surface area contributed by atoms with Crippen molar-refractivity contribution in [2.75, 3.05) is 24.2 Å². The molecule has 0 unspecified atom stereocenters. The molecule has 0 saturated heterocycles. The number of halogens is 1. The van der Waals surface area contributed by atoms with Gasteiger partial charge in [-0.1, -0.05) is 23.1 Å². The van der Waals surface area contributed by atoms with Crippen LogP contribution < -0.4 is 10.6 Å². The van der Waals surface area contributed by atoms with Crippen LogP contribution in [0.1, 0.15) is 28.7 Å².